The van der Waals surface area contributed by atoms with Crippen LogP contribution in [-0.4, -0.2) is 41.3 Å². The van der Waals surface area contributed by atoms with Crippen molar-refractivity contribution in [1.29, 1.82) is 0 Å². The normalized spacial score (nSPS) is 22.9. The molecule has 1 heterocycles. The highest BCUT2D eigenvalue weighted by Crippen LogP contribution is 2.34. The smallest absolute Gasteiger partial charge is 0.318 e. The Morgan fingerprint density at radius 3 is 2.61 bits per heavy atom. The Bertz CT molecular complexity index is 993. The van der Waals surface area contributed by atoms with Crippen LogP contribution in [0.15, 0.2) is 54.6 Å². The molecule has 2 aromatic carbocycles. The summed E-state index contributed by atoms with van der Waals surface area (Å²) in [7, 11) is 1.90. The highest BCUT2D eigenvalue weighted by atomic mass is 16.2. The van der Waals surface area contributed by atoms with Crippen molar-refractivity contribution >= 4 is 17.8 Å². The zero-order chi connectivity index (χ0) is 22.0. The fourth-order valence-corrected chi connectivity index (χ4v) is 4.72. The number of carbonyl (C=O) groups excluding carboxylic acids is 3. The summed E-state index contributed by atoms with van der Waals surface area (Å²) in [4.78, 5) is 40.5. The van der Waals surface area contributed by atoms with E-state index < -0.39 is 23.4 Å². The van der Waals surface area contributed by atoms with Crippen LogP contribution in [0.4, 0.5) is 4.79 Å². The summed E-state index contributed by atoms with van der Waals surface area (Å²) in [5.41, 5.74) is 4.61. The first-order valence-electron chi connectivity index (χ1n) is 10.8. The van der Waals surface area contributed by atoms with Crippen molar-refractivity contribution in [3.8, 4) is 0 Å². The van der Waals surface area contributed by atoms with E-state index in [1.54, 1.807) is 12.1 Å². The van der Waals surface area contributed by atoms with Crippen LogP contribution in [-0.2, 0) is 21.5 Å². The van der Waals surface area contributed by atoms with E-state index in [9.17, 15) is 14.4 Å². The topological polar surface area (TPSA) is 81.8 Å². The number of hydrazine groups is 1. The van der Waals surface area contributed by atoms with Gasteiger partial charge >= 0.3 is 6.03 Å². The minimum absolute atomic E-state index is 0.0839. The number of carbonyl (C=O) groups is 3. The van der Waals surface area contributed by atoms with Crippen molar-refractivity contribution in [1.82, 2.24) is 20.7 Å². The first-order chi connectivity index (χ1) is 15.0. The number of urea groups is 1. The van der Waals surface area contributed by atoms with Gasteiger partial charge in [0, 0.05) is 6.04 Å². The summed E-state index contributed by atoms with van der Waals surface area (Å²) in [6, 6.07) is 16.9. The maximum atomic E-state index is 13.2. The molecule has 7 nitrogen and oxygen atoms in total. The standard InChI is InChI=1S/C24H28N4O3/c1-3-24(18-12-5-4-6-13-18)22(30)28(23(31)25-24)26-21(29)16-27(2)20-15-9-11-17-10-7-8-14-19(17)20/h4-8,10,12-14,20H,3,9,11,15-16H2,1-2H3,(H,25,31)(H,26,29)/t20-,24-/m1/s1. The summed E-state index contributed by atoms with van der Waals surface area (Å²) < 4.78 is 0. The molecule has 7 heteroatoms. The first kappa shape index (κ1) is 21.1. The number of rotatable bonds is 6. The van der Waals surface area contributed by atoms with E-state index in [4.69, 9.17) is 0 Å². The van der Waals surface area contributed by atoms with E-state index in [1.165, 1.54) is 11.1 Å². The lowest BCUT2D eigenvalue weighted by atomic mass is 9.87. The van der Waals surface area contributed by atoms with E-state index in [-0.39, 0.29) is 12.6 Å². The number of likely N-dealkylation sites (N-methyl/N-ethyl adjacent to an activating group) is 1. The van der Waals surface area contributed by atoms with Gasteiger partial charge in [0.2, 0.25) is 0 Å². The summed E-state index contributed by atoms with van der Waals surface area (Å²) in [6.45, 7) is 1.92. The maximum Gasteiger partial charge on any atom is 0.344 e. The number of nitrogens with one attached hydrogen (secondary N) is 2. The second kappa shape index (κ2) is 8.51. The molecule has 4 rings (SSSR count). The summed E-state index contributed by atoms with van der Waals surface area (Å²) in [6.07, 6.45) is 3.47. The van der Waals surface area contributed by atoms with Crippen LogP contribution in [0, 0.1) is 0 Å². The van der Waals surface area contributed by atoms with Crippen molar-refractivity contribution in [3.05, 3.63) is 71.3 Å². The summed E-state index contributed by atoms with van der Waals surface area (Å²) >= 11 is 0. The number of imide groups is 1. The lowest BCUT2D eigenvalue weighted by Crippen LogP contribution is -2.51. The SMILES string of the molecule is CC[C@]1(c2ccccc2)NC(=O)N(NC(=O)CN(C)[C@@H]2CCCc3ccccc32)C1=O. The number of benzene rings is 2. The van der Waals surface area contributed by atoms with Gasteiger partial charge in [-0.2, -0.15) is 5.01 Å². The molecule has 4 amide bonds. The second-order valence-corrected chi connectivity index (χ2v) is 8.25. The molecule has 162 valence electrons. The van der Waals surface area contributed by atoms with Crippen LogP contribution >= 0.6 is 0 Å². The monoisotopic (exact) mass is 420 g/mol. The average Bonchev–Trinajstić information content (AvgIpc) is 3.04. The number of fused-ring (bicyclic) bond motifs is 1. The molecule has 0 saturated carbocycles. The molecular weight excluding hydrogens is 392 g/mol. The molecule has 0 aromatic heterocycles. The Kier molecular flexibility index (Phi) is 5.78. The van der Waals surface area contributed by atoms with Gasteiger partial charge in [0.25, 0.3) is 11.8 Å². The second-order valence-electron chi connectivity index (χ2n) is 8.25. The van der Waals surface area contributed by atoms with Gasteiger partial charge in [-0.05, 0) is 49.4 Å². The molecule has 1 aliphatic carbocycles. The molecule has 0 spiro atoms. The summed E-state index contributed by atoms with van der Waals surface area (Å²) in [5.74, 6) is -0.862. The highest BCUT2D eigenvalue weighted by Gasteiger charge is 2.52. The van der Waals surface area contributed by atoms with E-state index in [2.05, 4.69) is 22.9 Å². The van der Waals surface area contributed by atoms with Gasteiger partial charge < -0.3 is 5.32 Å². The molecule has 0 bridgehead atoms. The van der Waals surface area contributed by atoms with Gasteiger partial charge in [0.1, 0.15) is 5.54 Å². The van der Waals surface area contributed by atoms with Crippen LogP contribution in [0.1, 0.15) is 48.9 Å². The number of hydrogen-bond donors (Lipinski definition) is 2. The zero-order valence-corrected chi connectivity index (χ0v) is 17.9. The number of amides is 4. The van der Waals surface area contributed by atoms with E-state index in [0.717, 1.165) is 24.3 Å². The quantitative estimate of drug-likeness (QED) is 0.704. The molecule has 31 heavy (non-hydrogen) atoms. The fraction of sp³-hybridized carbons (Fsp3) is 0.375. The van der Waals surface area contributed by atoms with Crippen LogP contribution in [0.2, 0.25) is 0 Å². The van der Waals surface area contributed by atoms with Crippen molar-refractivity contribution in [3.63, 3.8) is 0 Å². The number of nitrogens with zero attached hydrogens (tertiary/aromatic N) is 2. The van der Waals surface area contributed by atoms with Gasteiger partial charge in [-0.1, -0.05) is 61.5 Å². The molecule has 1 saturated heterocycles. The first-order valence-corrected chi connectivity index (χ1v) is 10.8. The van der Waals surface area contributed by atoms with Crippen molar-refractivity contribution in [2.75, 3.05) is 13.6 Å². The minimum Gasteiger partial charge on any atom is -0.318 e. The molecule has 2 aromatic rings. The van der Waals surface area contributed by atoms with Crippen molar-refractivity contribution < 1.29 is 14.4 Å². The molecule has 2 N–H and O–H groups in total. The highest BCUT2D eigenvalue weighted by molar-refractivity contribution is 6.08. The van der Waals surface area contributed by atoms with Gasteiger partial charge in [0.05, 0.1) is 6.54 Å². The van der Waals surface area contributed by atoms with Crippen LogP contribution < -0.4 is 10.7 Å². The molecule has 2 aliphatic rings. The lowest BCUT2D eigenvalue weighted by Gasteiger charge is -2.33. The van der Waals surface area contributed by atoms with Gasteiger partial charge in [-0.25, -0.2) is 4.79 Å². The minimum atomic E-state index is -1.17. The zero-order valence-electron chi connectivity index (χ0n) is 17.9. The summed E-state index contributed by atoms with van der Waals surface area (Å²) in [5, 5.41) is 3.60. The predicted octanol–water partition coefficient (Wildman–Crippen LogP) is 2.88. The fourth-order valence-electron chi connectivity index (χ4n) is 4.72. The van der Waals surface area contributed by atoms with Gasteiger partial charge in [0.15, 0.2) is 0 Å². The van der Waals surface area contributed by atoms with Gasteiger partial charge in [-0.3, -0.25) is 19.9 Å². The molecule has 1 aliphatic heterocycles. The van der Waals surface area contributed by atoms with Crippen LogP contribution in [0.3, 0.4) is 0 Å². The third-order valence-corrected chi connectivity index (χ3v) is 6.39. The van der Waals surface area contributed by atoms with E-state index in [1.807, 2.05) is 49.2 Å². The Labute approximate surface area is 182 Å². The Morgan fingerprint density at radius 2 is 1.87 bits per heavy atom. The Balaban J connectivity index is 1.46. The predicted molar refractivity (Wildman–Crippen MR) is 117 cm³/mol. The molecule has 1 fully saturated rings. The van der Waals surface area contributed by atoms with Gasteiger partial charge in [-0.15, -0.1) is 0 Å². The molecule has 0 radical (unpaired) electrons. The Morgan fingerprint density at radius 1 is 1.16 bits per heavy atom. The largest absolute Gasteiger partial charge is 0.344 e. The van der Waals surface area contributed by atoms with Crippen LogP contribution in [0.5, 0.6) is 0 Å². The lowest BCUT2D eigenvalue weighted by molar-refractivity contribution is -0.140. The van der Waals surface area contributed by atoms with Crippen LogP contribution in [0.25, 0.3) is 0 Å². The van der Waals surface area contributed by atoms with Crippen molar-refractivity contribution in [2.45, 2.75) is 44.2 Å². The molecule has 0 unspecified atom stereocenters. The average molecular weight is 421 g/mol. The van der Waals surface area contributed by atoms with E-state index >= 15 is 0 Å². The third-order valence-electron chi connectivity index (χ3n) is 6.39. The number of hydrogen-bond acceptors (Lipinski definition) is 4. The third kappa shape index (κ3) is 3.81. The maximum absolute atomic E-state index is 13.2. The Hall–Kier alpha value is -3.19. The van der Waals surface area contributed by atoms with E-state index in [0.29, 0.717) is 12.0 Å². The van der Waals surface area contributed by atoms with Crippen molar-refractivity contribution in [2.24, 2.45) is 0 Å². The molecule has 2 atom stereocenters. The number of aryl methyl sites for hydroxylation is 1. The molecular formula is C24H28N4O3.